The third kappa shape index (κ3) is 5.80. The summed E-state index contributed by atoms with van der Waals surface area (Å²) in [5.74, 6) is -1.18. The van der Waals surface area contributed by atoms with Crippen molar-refractivity contribution in [1.82, 2.24) is 14.5 Å². The molecule has 2 aliphatic rings. The molecular formula is C23H30FN3O5S. The van der Waals surface area contributed by atoms with Gasteiger partial charge >= 0.3 is 0 Å². The molecule has 0 spiro atoms. The Morgan fingerprint density at radius 1 is 1.18 bits per heavy atom. The number of hydrogen-bond acceptors (Lipinski definition) is 6. The fourth-order valence-corrected chi connectivity index (χ4v) is 5.89. The van der Waals surface area contributed by atoms with Gasteiger partial charge in [0, 0.05) is 32.2 Å². The second kappa shape index (κ2) is 10.3. The fourth-order valence-electron chi connectivity index (χ4n) is 4.37. The van der Waals surface area contributed by atoms with Gasteiger partial charge < -0.3 is 18.9 Å². The number of rotatable bonds is 9. The maximum atomic E-state index is 14.2. The third-order valence-corrected chi connectivity index (χ3v) is 7.71. The number of benzene rings is 1. The van der Waals surface area contributed by atoms with E-state index in [0.717, 1.165) is 25.7 Å². The first kappa shape index (κ1) is 23.8. The first-order valence-corrected chi connectivity index (χ1v) is 13.0. The van der Waals surface area contributed by atoms with Gasteiger partial charge in [-0.3, -0.25) is 4.79 Å². The molecule has 2 saturated heterocycles. The molecular weight excluding hydrogens is 449 g/mol. The molecule has 10 heteroatoms. The van der Waals surface area contributed by atoms with E-state index < -0.39 is 21.4 Å². The Kier molecular flexibility index (Phi) is 7.45. The van der Waals surface area contributed by atoms with Gasteiger partial charge in [-0.2, -0.15) is 0 Å². The van der Waals surface area contributed by atoms with Crippen molar-refractivity contribution in [3.05, 3.63) is 47.5 Å². The van der Waals surface area contributed by atoms with Gasteiger partial charge in [0.2, 0.25) is 20.9 Å². The maximum absolute atomic E-state index is 14.2. The lowest BCUT2D eigenvalue weighted by molar-refractivity contribution is -0.131. The summed E-state index contributed by atoms with van der Waals surface area (Å²) in [7, 11) is -3.94. The summed E-state index contributed by atoms with van der Waals surface area (Å²) in [5.41, 5.74) is 0.695. The fraction of sp³-hybridized carbons (Fsp3) is 0.565. The predicted octanol–water partition coefficient (Wildman–Crippen LogP) is 2.70. The van der Waals surface area contributed by atoms with E-state index in [4.69, 9.17) is 9.47 Å². The number of carbonyl (C=O) groups excluding carboxylic acids is 1. The summed E-state index contributed by atoms with van der Waals surface area (Å²) < 4.78 is 53.7. The van der Waals surface area contributed by atoms with Crippen LogP contribution in [0.15, 0.2) is 35.6 Å². The van der Waals surface area contributed by atoms with E-state index in [-0.39, 0.29) is 35.4 Å². The highest BCUT2D eigenvalue weighted by Crippen LogP contribution is 2.24. The van der Waals surface area contributed by atoms with Crippen LogP contribution in [-0.4, -0.2) is 60.7 Å². The van der Waals surface area contributed by atoms with Gasteiger partial charge in [0.15, 0.2) is 0 Å². The number of nitrogens with zero attached hydrogens (tertiary/aromatic N) is 3. The van der Waals surface area contributed by atoms with Crippen molar-refractivity contribution in [2.45, 2.75) is 68.8 Å². The van der Waals surface area contributed by atoms with E-state index in [9.17, 15) is 17.6 Å². The monoisotopic (exact) mass is 479 g/mol. The van der Waals surface area contributed by atoms with Gasteiger partial charge in [-0.1, -0.05) is 18.2 Å². The molecule has 8 nitrogen and oxygen atoms in total. The molecule has 0 unspecified atom stereocenters. The second-order valence-corrected chi connectivity index (χ2v) is 10.5. The molecule has 2 fully saturated rings. The number of halogens is 1. The molecule has 1 amide bonds. The molecule has 2 atom stereocenters. The summed E-state index contributed by atoms with van der Waals surface area (Å²) in [6.45, 7) is 3.77. The maximum Gasteiger partial charge on any atom is 0.228 e. The molecule has 2 aliphatic heterocycles. The molecule has 3 heterocycles. The Labute approximate surface area is 193 Å². The molecule has 4 rings (SSSR count). The van der Waals surface area contributed by atoms with E-state index >= 15 is 0 Å². The Balaban J connectivity index is 1.62. The number of sulfone groups is 1. The van der Waals surface area contributed by atoms with Gasteiger partial charge in [-0.05, 0) is 31.7 Å². The van der Waals surface area contributed by atoms with Gasteiger partial charge in [0.1, 0.15) is 5.82 Å². The molecule has 0 aliphatic carbocycles. The number of aromatic nitrogens is 2. The Hall–Kier alpha value is -2.30. The summed E-state index contributed by atoms with van der Waals surface area (Å²) in [6, 6.07) is 5.82. The Bertz CT molecular complexity index is 1080. The highest BCUT2D eigenvalue weighted by molar-refractivity contribution is 7.90. The molecule has 33 heavy (non-hydrogen) atoms. The van der Waals surface area contributed by atoms with Crippen LogP contribution in [0.25, 0.3) is 0 Å². The minimum absolute atomic E-state index is 0.0207. The lowest BCUT2D eigenvalue weighted by Crippen LogP contribution is -2.36. The van der Waals surface area contributed by atoms with Crippen LogP contribution in [0.5, 0.6) is 0 Å². The summed E-state index contributed by atoms with van der Waals surface area (Å²) in [6.07, 6.45) is 4.92. The van der Waals surface area contributed by atoms with Crippen LogP contribution in [0, 0.1) is 5.82 Å². The molecule has 180 valence electrons. The molecule has 0 saturated carbocycles. The highest BCUT2D eigenvalue weighted by atomic mass is 32.2. The van der Waals surface area contributed by atoms with Crippen LogP contribution in [-0.2, 0) is 42.9 Å². The average molecular weight is 480 g/mol. The van der Waals surface area contributed by atoms with Crippen molar-refractivity contribution in [3.63, 3.8) is 0 Å². The van der Waals surface area contributed by atoms with E-state index in [1.165, 1.54) is 31.3 Å². The smallest absolute Gasteiger partial charge is 0.228 e. The predicted molar refractivity (Wildman–Crippen MR) is 119 cm³/mol. The quantitative estimate of drug-likeness (QED) is 0.549. The molecule has 2 aromatic rings. The molecule has 1 aromatic carbocycles. The number of carbonyl (C=O) groups is 1. The van der Waals surface area contributed by atoms with E-state index in [1.54, 1.807) is 15.5 Å². The SMILES string of the molecule is CC(=O)N(Cc1cnc(S(=O)(=O)Cc2ccccc2F)n1C[C@@H]1CCCO1)C[C@H]1CCCO1. The minimum Gasteiger partial charge on any atom is -0.376 e. The van der Waals surface area contributed by atoms with E-state index in [1.807, 2.05) is 0 Å². The van der Waals surface area contributed by atoms with Crippen LogP contribution < -0.4 is 0 Å². The van der Waals surface area contributed by atoms with Crippen molar-refractivity contribution in [1.29, 1.82) is 0 Å². The zero-order valence-electron chi connectivity index (χ0n) is 18.8. The summed E-state index contributed by atoms with van der Waals surface area (Å²) >= 11 is 0. The van der Waals surface area contributed by atoms with Crippen LogP contribution >= 0.6 is 0 Å². The van der Waals surface area contributed by atoms with Crippen molar-refractivity contribution in [2.75, 3.05) is 19.8 Å². The highest BCUT2D eigenvalue weighted by Gasteiger charge is 2.29. The lowest BCUT2D eigenvalue weighted by atomic mass is 10.2. The molecule has 0 radical (unpaired) electrons. The van der Waals surface area contributed by atoms with Crippen LogP contribution in [0.4, 0.5) is 4.39 Å². The molecule has 0 N–H and O–H groups in total. The minimum atomic E-state index is -3.94. The van der Waals surface area contributed by atoms with Gasteiger partial charge in [0.25, 0.3) is 0 Å². The van der Waals surface area contributed by atoms with E-state index in [2.05, 4.69) is 4.98 Å². The normalized spacial score (nSPS) is 20.9. The standard InChI is InChI=1S/C23H30FN3O5S/c1-17(28)26(14-20-7-4-10-31-20)13-19-12-25-23(27(19)15-21-8-5-11-32-21)33(29,30)16-18-6-2-3-9-22(18)24/h2-3,6,9,12,20-21H,4-5,7-8,10-11,13-16H2,1H3/t20-,21+/m1/s1. The zero-order valence-corrected chi connectivity index (χ0v) is 19.6. The first-order valence-electron chi connectivity index (χ1n) is 11.3. The average Bonchev–Trinajstić information content (AvgIpc) is 3.53. The van der Waals surface area contributed by atoms with Gasteiger partial charge in [-0.25, -0.2) is 17.8 Å². The second-order valence-electron chi connectivity index (χ2n) is 8.66. The van der Waals surface area contributed by atoms with Crippen molar-refractivity contribution in [3.8, 4) is 0 Å². The van der Waals surface area contributed by atoms with Gasteiger partial charge in [-0.15, -0.1) is 0 Å². The number of ether oxygens (including phenoxy) is 2. The van der Waals surface area contributed by atoms with E-state index in [0.29, 0.717) is 32.0 Å². The van der Waals surface area contributed by atoms with Crippen LogP contribution in [0.3, 0.4) is 0 Å². The largest absolute Gasteiger partial charge is 0.376 e. The van der Waals surface area contributed by atoms with Crippen molar-refractivity contribution < 1.29 is 27.1 Å². The molecule has 1 aromatic heterocycles. The van der Waals surface area contributed by atoms with Crippen LogP contribution in [0.1, 0.15) is 43.9 Å². The Morgan fingerprint density at radius 2 is 1.88 bits per heavy atom. The Morgan fingerprint density at radius 3 is 2.52 bits per heavy atom. The summed E-state index contributed by atoms with van der Waals surface area (Å²) in [5, 5.41) is -0.128. The topological polar surface area (TPSA) is 90.7 Å². The molecule has 0 bridgehead atoms. The lowest BCUT2D eigenvalue weighted by Gasteiger charge is -2.25. The van der Waals surface area contributed by atoms with Gasteiger partial charge in [0.05, 0.1) is 42.9 Å². The third-order valence-electron chi connectivity index (χ3n) is 6.14. The number of hydrogen-bond donors (Lipinski definition) is 0. The number of amides is 1. The number of imidazole rings is 1. The zero-order chi connectivity index (χ0) is 23.4. The van der Waals surface area contributed by atoms with Crippen molar-refractivity contribution in [2.24, 2.45) is 0 Å². The van der Waals surface area contributed by atoms with Crippen molar-refractivity contribution >= 4 is 15.7 Å². The summed E-state index contributed by atoms with van der Waals surface area (Å²) in [4.78, 5) is 18.2. The first-order chi connectivity index (χ1) is 15.8. The van der Waals surface area contributed by atoms with Crippen LogP contribution in [0.2, 0.25) is 0 Å².